The number of carboxylic acid groups (broad SMARTS) is 1. The molecule has 2 aromatic heterocycles. The van der Waals surface area contributed by atoms with Gasteiger partial charge in [-0.1, -0.05) is 43.5 Å². The van der Waals surface area contributed by atoms with Crippen LogP contribution >= 0.6 is 11.6 Å². The molecule has 0 amide bonds. The SMILES string of the molecule is Cc1cc2c(o1)c(C(=O)C[C@H](C)CC(=O)O)c(CCCCCCc1cccc(Cl)c1)n2C. The summed E-state index contributed by atoms with van der Waals surface area (Å²) in [6.45, 7) is 3.68. The molecule has 0 spiro atoms. The molecule has 3 rings (SSSR count). The maximum Gasteiger partial charge on any atom is 0.303 e. The number of aryl methyl sites for hydroxylation is 3. The molecule has 172 valence electrons. The van der Waals surface area contributed by atoms with E-state index in [4.69, 9.17) is 21.1 Å². The van der Waals surface area contributed by atoms with E-state index in [2.05, 4.69) is 10.6 Å². The van der Waals surface area contributed by atoms with Gasteiger partial charge in [-0.05, 0) is 56.2 Å². The van der Waals surface area contributed by atoms with Crippen molar-refractivity contribution in [1.29, 1.82) is 0 Å². The molecule has 0 aliphatic heterocycles. The molecule has 0 radical (unpaired) electrons. The van der Waals surface area contributed by atoms with Gasteiger partial charge in [0.25, 0.3) is 0 Å². The predicted octanol–water partition coefficient (Wildman–Crippen LogP) is 6.76. The van der Waals surface area contributed by atoms with Gasteiger partial charge >= 0.3 is 5.97 Å². The Hall–Kier alpha value is -2.53. The Morgan fingerprint density at radius 1 is 1.09 bits per heavy atom. The highest BCUT2D eigenvalue weighted by Crippen LogP contribution is 2.31. The minimum Gasteiger partial charge on any atom is -0.481 e. The number of rotatable bonds is 12. The summed E-state index contributed by atoms with van der Waals surface area (Å²) in [6, 6.07) is 9.97. The van der Waals surface area contributed by atoms with Gasteiger partial charge < -0.3 is 14.1 Å². The first-order chi connectivity index (χ1) is 15.3. The van der Waals surface area contributed by atoms with E-state index in [1.807, 2.05) is 38.2 Å². The monoisotopic (exact) mass is 457 g/mol. The number of carboxylic acids is 1. The molecule has 1 atom stereocenters. The second-order valence-electron chi connectivity index (χ2n) is 8.83. The van der Waals surface area contributed by atoms with Crippen molar-refractivity contribution in [2.75, 3.05) is 0 Å². The lowest BCUT2D eigenvalue weighted by Crippen LogP contribution is -2.12. The summed E-state index contributed by atoms with van der Waals surface area (Å²) in [5, 5.41) is 9.81. The van der Waals surface area contributed by atoms with Gasteiger partial charge in [-0.2, -0.15) is 0 Å². The van der Waals surface area contributed by atoms with E-state index in [1.165, 1.54) is 5.56 Å². The first-order valence-electron chi connectivity index (χ1n) is 11.3. The van der Waals surface area contributed by atoms with Crippen LogP contribution in [0.1, 0.15) is 72.8 Å². The molecule has 1 aromatic carbocycles. The molecule has 0 unspecified atom stereocenters. The third kappa shape index (κ3) is 6.04. The van der Waals surface area contributed by atoms with E-state index in [9.17, 15) is 9.59 Å². The Morgan fingerprint density at radius 3 is 2.50 bits per heavy atom. The molecule has 0 aliphatic rings. The van der Waals surface area contributed by atoms with Gasteiger partial charge in [0.15, 0.2) is 11.4 Å². The van der Waals surface area contributed by atoms with Crippen LogP contribution in [-0.2, 0) is 24.7 Å². The van der Waals surface area contributed by atoms with Gasteiger partial charge in [-0.25, -0.2) is 0 Å². The molecule has 1 N–H and O–H groups in total. The summed E-state index contributed by atoms with van der Waals surface area (Å²) < 4.78 is 7.94. The van der Waals surface area contributed by atoms with Crippen molar-refractivity contribution < 1.29 is 19.1 Å². The molecule has 6 heteroatoms. The number of halogens is 1. The number of fused-ring (bicyclic) bond motifs is 1. The number of hydrogen-bond acceptors (Lipinski definition) is 3. The van der Waals surface area contributed by atoms with E-state index in [1.54, 1.807) is 6.92 Å². The van der Waals surface area contributed by atoms with Crippen molar-refractivity contribution in [2.24, 2.45) is 13.0 Å². The summed E-state index contributed by atoms with van der Waals surface area (Å²) >= 11 is 6.05. The van der Waals surface area contributed by atoms with Crippen molar-refractivity contribution in [3.8, 4) is 0 Å². The van der Waals surface area contributed by atoms with Crippen molar-refractivity contribution in [2.45, 2.75) is 65.2 Å². The fourth-order valence-electron chi connectivity index (χ4n) is 4.41. The highest BCUT2D eigenvalue weighted by atomic mass is 35.5. The van der Waals surface area contributed by atoms with E-state index in [0.717, 1.165) is 60.5 Å². The number of carbonyl (C=O) groups is 2. The van der Waals surface area contributed by atoms with E-state index >= 15 is 0 Å². The largest absolute Gasteiger partial charge is 0.481 e. The number of nitrogens with zero attached hydrogens (tertiary/aromatic N) is 1. The van der Waals surface area contributed by atoms with Crippen LogP contribution in [0, 0.1) is 12.8 Å². The Bertz CT molecular complexity index is 1090. The molecule has 0 bridgehead atoms. The lowest BCUT2D eigenvalue weighted by molar-refractivity contribution is -0.137. The van der Waals surface area contributed by atoms with Crippen molar-refractivity contribution in [3.05, 3.63) is 57.9 Å². The molecule has 0 fully saturated rings. The zero-order valence-corrected chi connectivity index (χ0v) is 19.9. The number of ketones is 1. The van der Waals surface area contributed by atoms with E-state index < -0.39 is 5.97 Å². The number of aliphatic carboxylic acids is 1. The van der Waals surface area contributed by atoms with Crippen molar-refractivity contribution in [1.82, 2.24) is 4.57 Å². The zero-order valence-electron chi connectivity index (χ0n) is 19.1. The average Bonchev–Trinajstić information content (AvgIpc) is 3.19. The second-order valence-corrected chi connectivity index (χ2v) is 9.26. The lowest BCUT2D eigenvalue weighted by atomic mass is 9.95. The fraction of sp³-hybridized carbons (Fsp3) is 0.462. The Balaban J connectivity index is 1.63. The van der Waals surface area contributed by atoms with Crippen LogP contribution in [0.15, 0.2) is 34.7 Å². The first kappa shape index (κ1) is 24.1. The van der Waals surface area contributed by atoms with Gasteiger partial charge in [0.05, 0.1) is 11.1 Å². The fourth-order valence-corrected chi connectivity index (χ4v) is 4.62. The van der Waals surface area contributed by atoms with Gasteiger partial charge in [0, 0.05) is 36.7 Å². The second kappa shape index (κ2) is 10.9. The summed E-state index contributed by atoms with van der Waals surface area (Å²) in [4.78, 5) is 24.1. The molecular weight excluding hydrogens is 426 g/mol. The third-order valence-corrected chi connectivity index (χ3v) is 6.21. The van der Waals surface area contributed by atoms with Crippen LogP contribution < -0.4 is 0 Å². The summed E-state index contributed by atoms with van der Waals surface area (Å²) in [6.07, 6.45) is 6.29. The van der Waals surface area contributed by atoms with Gasteiger partial charge in [0.2, 0.25) is 0 Å². The molecule has 0 aliphatic carbocycles. The molecule has 0 saturated carbocycles. The summed E-state index contributed by atoms with van der Waals surface area (Å²) in [7, 11) is 1.98. The van der Waals surface area contributed by atoms with E-state index in [0.29, 0.717) is 11.1 Å². The van der Waals surface area contributed by atoms with Crippen molar-refractivity contribution >= 4 is 34.5 Å². The zero-order chi connectivity index (χ0) is 23.3. The van der Waals surface area contributed by atoms with Crippen LogP contribution in [0.5, 0.6) is 0 Å². The van der Waals surface area contributed by atoms with E-state index in [-0.39, 0.29) is 24.5 Å². The lowest BCUT2D eigenvalue weighted by Gasteiger charge is -2.10. The Kier molecular flexibility index (Phi) is 8.19. The number of Topliss-reactive ketones (excluding diaryl/α,β-unsaturated/α-hetero) is 1. The maximum absolute atomic E-state index is 13.1. The number of benzene rings is 1. The number of furan rings is 1. The number of carbonyl (C=O) groups excluding carboxylic acids is 1. The standard InChI is InChI=1S/C26H32ClNO4/c1-17(14-24(30)31)13-23(29)25-21(28(3)22-15-18(2)32-26(22)25)12-7-5-4-6-9-19-10-8-11-20(27)16-19/h8,10-11,15-17H,4-7,9,12-14H2,1-3H3,(H,30,31)/t17-/m0/s1. The smallest absolute Gasteiger partial charge is 0.303 e. The van der Waals surface area contributed by atoms with Crippen LogP contribution in [0.4, 0.5) is 0 Å². The highest BCUT2D eigenvalue weighted by Gasteiger charge is 2.25. The molecule has 3 aromatic rings. The molecule has 5 nitrogen and oxygen atoms in total. The number of hydrogen-bond donors (Lipinski definition) is 1. The Morgan fingerprint density at radius 2 is 1.81 bits per heavy atom. The van der Waals surface area contributed by atoms with Crippen molar-refractivity contribution in [3.63, 3.8) is 0 Å². The number of aromatic nitrogens is 1. The van der Waals surface area contributed by atoms with Crippen LogP contribution in [0.2, 0.25) is 5.02 Å². The molecule has 2 heterocycles. The topological polar surface area (TPSA) is 72.4 Å². The molecule has 0 saturated heterocycles. The van der Waals surface area contributed by atoms with Gasteiger partial charge in [0.1, 0.15) is 5.76 Å². The van der Waals surface area contributed by atoms with Crippen LogP contribution in [0.25, 0.3) is 11.1 Å². The maximum atomic E-state index is 13.1. The molecular formula is C26H32ClNO4. The van der Waals surface area contributed by atoms with Gasteiger partial charge in [-0.3, -0.25) is 9.59 Å². The van der Waals surface area contributed by atoms with Gasteiger partial charge in [-0.15, -0.1) is 0 Å². The van der Waals surface area contributed by atoms with Crippen LogP contribution in [-0.4, -0.2) is 21.4 Å². The molecule has 32 heavy (non-hydrogen) atoms. The van der Waals surface area contributed by atoms with Crippen LogP contribution in [0.3, 0.4) is 0 Å². The summed E-state index contributed by atoms with van der Waals surface area (Å²) in [5.74, 6) is -0.360. The Labute approximate surface area is 194 Å². The predicted molar refractivity (Wildman–Crippen MR) is 128 cm³/mol. The first-order valence-corrected chi connectivity index (χ1v) is 11.7. The minimum atomic E-state index is -0.879. The highest BCUT2D eigenvalue weighted by molar-refractivity contribution is 6.30. The average molecular weight is 458 g/mol. The normalized spacial score (nSPS) is 12.4. The summed E-state index contributed by atoms with van der Waals surface area (Å²) in [5.41, 5.74) is 4.44. The third-order valence-electron chi connectivity index (χ3n) is 5.97. The number of unbranched alkanes of at least 4 members (excludes halogenated alkanes) is 3. The quantitative estimate of drug-likeness (QED) is 0.241. The minimum absolute atomic E-state index is 0.0130.